The van der Waals surface area contributed by atoms with Gasteiger partial charge in [-0.05, 0) is 57.4 Å². The van der Waals surface area contributed by atoms with Crippen LogP contribution in [-0.2, 0) is 6.42 Å². The van der Waals surface area contributed by atoms with Gasteiger partial charge in [0.15, 0.2) is 0 Å². The molecule has 1 fully saturated rings. The van der Waals surface area contributed by atoms with Gasteiger partial charge >= 0.3 is 6.09 Å². The van der Waals surface area contributed by atoms with Gasteiger partial charge in [0.1, 0.15) is 5.54 Å². The monoisotopic (exact) mass is 468 g/mol. The summed E-state index contributed by atoms with van der Waals surface area (Å²) in [6, 6.07) is 15.1. The first kappa shape index (κ1) is 23.5. The van der Waals surface area contributed by atoms with Gasteiger partial charge in [-0.2, -0.15) is 9.89 Å². The summed E-state index contributed by atoms with van der Waals surface area (Å²) in [6.45, 7) is 6.95. The smallest absolute Gasteiger partial charge is 0.435 e. The average molecular weight is 469 g/mol. The number of quaternary nitrogens is 1. The van der Waals surface area contributed by atoms with Gasteiger partial charge in [-0.15, -0.1) is 0 Å². The maximum absolute atomic E-state index is 13.4. The number of aromatic nitrogens is 2. The Morgan fingerprint density at radius 2 is 1.76 bits per heavy atom. The number of amides is 1. The fourth-order valence-electron chi connectivity index (χ4n) is 5.06. The summed E-state index contributed by atoms with van der Waals surface area (Å²) >= 11 is 6.05. The molecule has 1 aliphatic rings. The van der Waals surface area contributed by atoms with Crippen molar-refractivity contribution in [2.75, 3.05) is 13.1 Å². The lowest BCUT2D eigenvalue weighted by Crippen LogP contribution is -2.63. The predicted octanol–water partition coefficient (Wildman–Crippen LogP) is 5.66. The van der Waals surface area contributed by atoms with Crippen molar-refractivity contribution in [3.05, 3.63) is 75.2 Å². The molecule has 33 heavy (non-hydrogen) atoms. The highest BCUT2D eigenvalue weighted by molar-refractivity contribution is 6.30. The molecule has 1 saturated heterocycles. The number of fused-ring (bicyclic) bond motifs is 1. The normalized spacial score (nSPS) is 21.6. The molecule has 7 heteroatoms. The molecule has 4 rings (SSSR count). The highest BCUT2D eigenvalue weighted by atomic mass is 35.5. The first-order valence-corrected chi connectivity index (χ1v) is 11.9. The van der Waals surface area contributed by atoms with E-state index in [-0.39, 0.29) is 16.1 Å². The van der Waals surface area contributed by atoms with E-state index >= 15 is 0 Å². The van der Waals surface area contributed by atoms with E-state index in [1.54, 1.807) is 4.68 Å². The van der Waals surface area contributed by atoms with Crippen molar-refractivity contribution in [2.45, 2.75) is 58.0 Å². The second-order valence-electron chi connectivity index (χ2n) is 10.00. The molecule has 174 valence electrons. The summed E-state index contributed by atoms with van der Waals surface area (Å²) in [5.41, 5.74) is 1.37. The molecule has 0 saturated carbocycles. The van der Waals surface area contributed by atoms with Crippen molar-refractivity contribution in [1.29, 1.82) is 0 Å². The first-order chi connectivity index (χ1) is 15.6. The summed E-state index contributed by atoms with van der Waals surface area (Å²) < 4.78 is 1.63. The van der Waals surface area contributed by atoms with Crippen molar-refractivity contribution < 1.29 is 14.4 Å². The van der Waals surface area contributed by atoms with Crippen molar-refractivity contribution >= 4 is 28.5 Å². The molecule has 0 bridgehead atoms. The SMILES string of the molecule is CC(C)(C)[N+]1(C(=O)O)CCCC(n2nc(Cc3ccc(Cl)cc3)c3ccccc3c2=O)CC1. The number of carboxylic acid groups (broad SMARTS) is 1. The predicted molar refractivity (Wildman–Crippen MR) is 131 cm³/mol. The molecule has 2 heterocycles. The average Bonchev–Trinajstić information content (AvgIpc) is 3.01. The molecule has 1 N–H and O–H groups in total. The zero-order chi connectivity index (χ0) is 23.8. The number of carbonyl (C=O) groups is 1. The topological polar surface area (TPSA) is 72.2 Å². The number of halogens is 1. The Labute approximate surface area is 199 Å². The van der Waals surface area contributed by atoms with Gasteiger partial charge in [-0.1, -0.05) is 41.9 Å². The minimum Gasteiger partial charge on any atom is -0.435 e. The van der Waals surface area contributed by atoms with Crippen LogP contribution in [0.25, 0.3) is 10.8 Å². The van der Waals surface area contributed by atoms with Gasteiger partial charge in [0.05, 0.1) is 30.2 Å². The molecule has 2 unspecified atom stereocenters. The lowest BCUT2D eigenvalue weighted by atomic mass is 10.0. The fourth-order valence-corrected chi connectivity index (χ4v) is 5.19. The number of likely N-dealkylation sites (tertiary alicyclic amines) is 1. The Balaban J connectivity index is 1.75. The third-order valence-corrected chi connectivity index (χ3v) is 7.36. The minimum absolute atomic E-state index is 0.00344. The highest BCUT2D eigenvalue weighted by Gasteiger charge is 2.48. The van der Waals surface area contributed by atoms with Crippen LogP contribution in [-0.4, -0.2) is 44.1 Å². The Kier molecular flexibility index (Phi) is 6.34. The molecule has 0 aliphatic carbocycles. The van der Waals surface area contributed by atoms with Crippen molar-refractivity contribution in [1.82, 2.24) is 9.78 Å². The number of benzene rings is 2. The van der Waals surface area contributed by atoms with E-state index in [0.29, 0.717) is 36.3 Å². The van der Waals surface area contributed by atoms with Crippen LogP contribution in [0.3, 0.4) is 0 Å². The van der Waals surface area contributed by atoms with Crippen LogP contribution in [0.2, 0.25) is 5.02 Å². The van der Waals surface area contributed by atoms with E-state index in [4.69, 9.17) is 16.7 Å². The minimum atomic E-state index is -0.801. The third-order valence-electron chi connectivity index (χ3n) is 7.11. The van der Waals surface area contributed by atoms with Gasteiger partial charge in [0, 0.05) is 23.3 Å². The Hall–Kier alpha value is -2.70. The molecular formula is C26H31ClN3O3+. The highest BCUT2D eigenvalue weighted by Crippen LogP contribution is 2.33. The largest absolute Gasteiger partial charge is 0.513 e. The Bertz CT molecular complexity index is 1230. The van der Waals surface area contributed by atoms with Crippen LogP contribution in [0.4, 0.5) is 4.79 Å². The number of nitrogens with zero attached hydrogens (tertiary/aromatic N) is 3. The lowest BCUT2D eigenvalue weighted by Gasteiger charge is -2.43. The Morgan fingerprint density at radius 1 is 1.09 bits per heavy atom. The summed E-state index contributed by atoms with van der Waals surface area (Å²) in [5.74, 6) is 0. The van der Waals surface area contributed by atoms with Crippen LogP contribution in [0.1, 0.15) is 57.3 Å². The zero-order valence-corrected chi connectivity index (χ0v) is 20.2. The fraction of sp³-hybridized carbons (Fsp3) is 0.423. The third kappa shape index (κ3) is 4.42. The number of rotatable bonds is 3. The molecule has 2 aromatic carbocycles. The molecule has 1 aromatic heterocycles. The summed E-state index contributed by atoms with van der Waals surface area (Å²) in [7, 11) is 0. The molecule has 3 aromatic rings. The quantitative estimate of drug-likeness (QED) is 0.503. The number of hydrogen-bond acceptors (Lipinski definition) is 3. The second kappa shape index (κ2) is 8.92. The van der Waals surface area contributed by atoms with Gasteiger partial charge < -0.3 is 5.11 Å². The van der Waals surface area contributed by atoms with Crippen LogP contribution < -0.4 is 5.56 Å². The van der Waals surface area contributed by atoms with Crippen LogP contribution in [0, 0.1) is 0 Å². The molecule has 0 radical (unpaired) electrons. The van der Waals surface area contributed by atoms with E-state index in [2.05, 4.69) is 0 Å². The van der Waals surface area contributed by atoms with E-state index in [9.17, 15) is 14.7 Å². The lowest BCUT2D eigenvalue weighted by molar-refractivity contribution is -0.902. The van der Waals surface area contributed by atoms with E-state index < -0.39 is 11.6 Å². The van der Waals surface area contributed by atoms with Crippen LogP contribution in [0.15, 0.2) is 53.3 Å². The van der Waals surface area contributed by atoms with Gasteiger partial charge in [-0.25, -0.2) is 9.16 Å². The van der Waals surface area contributed by atoms with E-state index in [1.165, 1.54) is 0 Å². The summed E-state index contributed by atoms with van der Waals surface area (Å²) in [4.78, 5) is 25.8. The standard InChI is InChI=1S/C26H30ClN3O3/c1-26(2,3)30(25(32)33)15-6-7-20(14-16-30)29-24(31)22-9-5-4-8-21(22)23(28-29)17-18-10-12-19(27)13-11-18/h4-5,8-13,20H,6-7,14-17H2,1-3H3/p+1. The second-order valence-corrected chi connectivity index (χ2v) is 10.4. The molecule has 1 aliphatic heterocycles. The van der Waals surface area contributed by atoms with Crippen LogP contribution >= 0.6 is 11.6 Å². The molecule has 6 nitrogen and oxygen atoms in total. The van der Waals surface area contributed by atoms with Gasteiger partial charge in [0.25, 0.3) is 5.56 Å². The molecule has 2 atom stereocenters. The van der Waals surface area contributed by atoms with Crippen molar-refractivity contribution in [2.24, 2.45) is 0 Å². The number of hydrogen-bond donors (Lipinski definition) is 1. The van der Waals surface area contributed by atoms with Crippen molar-refractivity contribution in [3.63, 3.8) is 0 Å². The molecule has 0 spiro atoms. The summed E-state index contributed by atoms with van der Waals surface area (Å²) in [6.07, 6.45) is 1.83. The first-order valence-electron chi connectivity index (χ1n) is 11.5. The van der Waals surface area contributed by atoms with Crippen LogP contribution in [0.5, 0.6) is 0 Å². The maximum Gasteiger partial charge on any atom is 0.513 e. The van der Waals surface area contributed by atoms with Crippen molar-refractivity contribution in [3.8, 4) is 0 Å². The van der Waals surface area contributed by atoms with Gasteiger partial charge in [0.2, 0.25) is 0 Å². The zero-order valence-electron chi connectivity index (χ0n) is 19.4. The molecular weight excluding hydrogens is 438 g/mol. The Morgan fingerprint density at radius 3 is 2.39 bits per heavy atom. The maximum atomic E-state index is 13.4. The van der Waals surface area contributed by atoms with Gasteiger partial charge in [-0.3, -0.25) is 4.79 Å². The van der Waals surface area contributed by atoms with E-state index in [1.807, 2.05) is 69.3 Å². The molecule has 1 amide bonds. The summed E-state index contributed by atoms with van der Waals surface area (Å²) in [5, 5.41) is 17.1. The van der Waals surface area contributed by atoms with E-state index in [0.717, 1.165) is 29.5 Å².